The number of aryl methyl sites for hydroxylation is 2. The molecule has 2 heterocycles. The summed E-state index contributed by atoms with van der Waals surface area (Å²) in [5.41, 5.74) is 1.10. The number of ether oxygens (including phenoxy) is 2. The van der Waals surface area contributed by atoms with Gasteiger partial charge in [0.15, 0.2) is 22.7 Å². The molecular formula is C21H26N4O4. The largest absolute Gasteiger partial charge is 0.493 e. The highest BCUT2D eigenvalue weighted by Crippen LogP contribution is 2.28. The SMILES string of the molecule is CCCn1c(=O)n(CC)c(=O)c2c1nc(/C=C/c1ccc(OC)c(OC)c1)n2C. The molecule has 0 saturated heterocycles. The van der Waals surface area contributed by atoms with Gasteiger partial charge in [0.05, 0.1) is 14.2 Å². The fourth-order valence-corrected chi connectivity index (χ4v) is 3.36. The monoisotopic (exact) mass is 398 g/mol. The van der Waals surface area contributed by atoms with Crippen molar-refractivity contribution in [3.63, 3.8) is 0 Å². The Morgan fingerprint density at radius 2 is 1.76 bits per heavy atom. The van der Waals surface area contributed by atoms with Crippen molar-refractivity contribution in [2.75, 3.05) is 14.2 Å². The summed E-state index contributed by atoms with van der Waals surface area (Å²) in [5.74, 6) is 1.86. The third-order valence-corrected chi connectivity index (χ3v) is 4.87. The second-order valence-electron chi connectivity index (χ2n) is 6.63. The molecule has 8 nitrogen and oxygen atoms in total. The van der Waals surface area contributed by atoms with Crippen molar-refractivity contribution in [3.8, 4) is 11.5 Å². The summed E-state index contributed by atoms with van der Waals surface area (Å²) in [4.78, 5) is 30.1. The summed E-state index contributed by atoms with van der Waals surface area (Å²) in [7, 11) is 4.96. The van der Waals surface area contributed by atoms with E-state index in [-0.39, 0.29) is 11.2 Å². The summed E-state index contributed by atoms with van der Waals surface area (Å²) in [6, 6.07) is 5.58. The second kappa shape index (κ2) is 8.38. The standard InChI is InChI=1S/C21H26N4O4/c1-6-12-25-19-18(20(26)24(7-2)21(25)27)23(3)17(22-19)11-9-14-8-10-15(28-4)16(13-14)29-5/h8-11,13H,6-7,12H2,1-5H3/b11-9+. The highest BCUT2D eigenvalue weighted by molar-refractivity contribution is 5.77. The van der Waals surface area contributed by atoms with Crippen molar-refractivity contribution in [2.45, 2.75) is 33.4 Å². The average molecular weight is 398 g/mol. The molecule has 0 amide bonds. The lowest BCUT2D eigenvalue weighted by atomic mass is 10.2. The number of benzene rings is 1. The molecule has 0 aliphatic carbocycles. The van der Waals surface area contributed by atoms with Gasteiger partial charge >= 0.3 is 5.69 Å². The molecular weight excluding hydrogens is 372 g/mol. The van der Waals surface area contributed by atoms with Crippen molar-refractivity contribution in [1.82, 2.24) is 18.7 Å². The summed E-state index contributed by atoms with van der Waals surface area (Å²) >= 11 is 0. The number of imidazole rings is 1. The summed E-state index contributed by atoms with van der Waals surface area (Å²) < 4.78 is 15.2. The van der Waals surface area contributed by atoms with Crippen LogP contribution in [0.1, 0.15) is 31.7 Å². The van der Waals surface area contributed by atoms with E-state index in [1.54, 1.807) is 37.3 Å². The van der Waals surface area contributed by atoms with Gasteiger partial charge in [-0.2, -0.15) is 0 Å². The lowest BCUT2D eigenvalue weighted by molar-refractivity contribution is 0.355. The molecule has 1 aromatic carbocycles. The number of hydrogen-bond acceptors (Lipinski definition) is 5. The Labute approximate surface area is 168 Å². The minimum atomic E-state index is -0.319. The van der Waals surface area contributed by atoms with Gasteiger partial charge in [-0.05, 0) is 37.1 Å². The van der Waals surface area contributed by atoms with Gasteiger partial charge in [-0.15, -0.1) is 0 Å². The second-order valence-corrected chi connectivity index (χ2v) is 6.63. The minimum Gasteiger partial charge on any atom is -0.493 e. The van der Waals surface area contributed by atoms with Crippen LogP contribution >= 0.6 is 0 Å². The van der Waals surface area contributed by atoms with Crippen molar-refractivity contribution < 1.29 is 9.47 Å². The van der Waals surface area contributed by atoms with E-state index in [0.29, 0.717) is 41.6 Å². The van der Waals surface area contributed by atoms with Crippen LogP contribution in [-0.2, 0) is 20.1 Å². The first-order valence-corrected chi connectivity index (χ1v) is 9.56. The van der Waals surface area contributed by atoms with Gasteiger partial charge in [0, 0.05) is 20.1 Å². The number of rotatable bonds is 7. The van der Waals surface area contributed by atoms with Crippen LogP contribution in [0.2, 0.25) is 0 Å². The zero-order valence-corrected chi connectivity index (χ0v) is 17.4. The first-order chi connectivity index (χ1) is 14.0. The maximum absolute atomic E-state index is 12.8. The van der Waals surface area contributed by atoms with Crippen LogP contribution < -0.4 is 20.7 Å². The van der Waals surface area contributed by atoms with Gasteiger partial charge in [-0.1, -0.05) is 19.1 Å². The predicted octanol–water partition coefficient (Wildman–Crippen LogP) is 2.51. The Hall–Kier alpha value is -3.29. The molecule has 0 spiro atoms. The zero-order valence-electron chi connectivity index (χ0n) is 17.4. The van der Waals surface area contributed by atoms with Crippen LogP contribution in [0.4, 0.5) is 0 Å². The molecule has 0 unspecified atom stereocenters. The molecule has 0 aliphatic heterocycles. The molecule has 8 heteroatoms. The van der Waals surface area contributed by atoms with Gasteiger partial charge in [0.1, 0.15) is 5.82 Å². The Morgan fingerprint density at radius 1 is 1.03 bits per heavy atom. The molecule has 0 aliphatic rings. The van der Waals surface area contributed by atoms with Crippen molar-refractivity contribution in [1.29, 1.82) is 0 Å². The summed E-state index contributed by atoms with van der Waals surface area (Å²) in [6.45, 7) is 4.60. The molecule has 3 aromatic rings. The Morgan fingerprint density at radius 3 is 2.38 bits per heavy atom. The Kier molecular flexibility index (Phi) is 5.91. The fraction of sp³-hybridized carbons (Fsp3) is 0.381. The number of hydrogen-bond donors (Lipinski definition) is 0. The minimum absolute atomic E-state index is 0.319. The third kappa shape index (κ3) is 3.57. The Bertz CT molecular complexity index is 1180. The number of fused-ring (bicyclic) bond motifs is 1. The van der Waals surface area contributed by atoms with E-state index >= 15 is 0 Å². The first-order valence-electron chi connectivity index (χ1n) is 9.56. The van der Waals surface area contributed by atoms with E-state index in [0.717, 1.165) is 12.0 Å². The van der Waals surface area contributed by atoms with Crippen LogP contribution in [-0.4, -0.2) is 32.9 Å². The van der Waals surface area contributed by atoms with Crippen LogP contribution in [0, 0.1) is 0 Å². The molecule has 0 fully saturated rings. The smallest absolute Gasteiger partial charge is 0.332 e. The first kappa shape index (κ1) is 20.4. The molecule has 0 atom stereocenters. The summed E-state index contributed by atoms with van der Waals surface area (Å²) in [6.07, 6.45) is 4.46. The van der Waals surface area contributed by atoms with Crippen molar-refractivity contribution >= 4 is 23.3 Å². The molecule has 2 aromatic heterocycles. The number of aromatic nitrogens is 4. The van der Waals surface area contributed by atoms with Crippen LogP contribution in [0.25, 0.3) is 23.3 Å². The molecule has 0 N–H and O–H groups in total. The normalized spacial score (nSPS) is 11.5. The van der Waals surface area contributed by atoms with Crippen LogP contribution in [0.5, 0.6) is 11.5 Å². The summed E-state index contributed by atoms with van der Waals surface area (Å²) in [5, 5.41) is 0. The third-order valence-electron chi connectivity index (χ3n) is 4.87. The van der Waals surface area contributed by atoms with Gasteiger partial charge in [-0.25, -0.2) is 9.78 Å². The average Bonchev–Trinajstić information content (AvgIpc) is 3.06. The predicted molar refractivity (Wildman–Crippen MR) is 114 cm³/mol. The van der Waals surface area contributed by atoms with E-state index in [4.69, 9.17) is 9.47 Å². The lowest BCUT2D eigenvalue weighted by Gasteiger charge is -2.09. The fourth-order valence-electron chi connectivity index (χ4n) is 3.36. The number of nitrogens with zero attached hydrogens (tertiary/aromatic N) is 4. The van der Waals surface area contributed by atoms with E-state index in [2.05, 4.69) is 4.98 Å². The van der Waals surface area contributed by atoms with E-state index in [1.807, 2.05) is 37.3 Å². The van der Waals surface area contributed by atoms with Crippen LogP contribution in [0.3, 0.4) is 0 Å². The molecule has 0 radical (unpaired) electrons. The van der Waals surface area contributed by atoms with E-state index in [9.17, 15) is 9.59 Å². The van der Waals surface area contributed by atoms with E-state index < -0.39 is 0 Å². The molecule has 29 heavy (non-hydrogen) atoms. The highest BCUT2D eigenvalue weighted by Gasteiger charge is 2.18. The molecule has 0 saturated carbocycles. The van der Waals surface area contributed by atoms with E-state index in [1.165, 1.54) is 4.57 Å². The van der Waals surface area contributed by atoms with Crippen molar-refractivity contribution in [3.05, 3.63) is 50.4 Å². The van der Waals surface area contributed by atoms with Gasteiger partial charge in [0.2, 0.25) is 0 Å². The molecule has 154 valence electrons. The maximum Gasteiger partial charge on any atom is 0.332 e. The van der Waals surface area contributed by atoms with Gasteiger partial charge < -0.3 is 14.0 Å². The van der Waals surface area contributed by atoms with Gasteiger partial charge in [0.25, 0.3) is 5.56 Å². The van der Waals surface area contributed by atoms with Gasteiger partial charge in [-0.3, -0.25) is 13.9 Å². The molecule has 0 bridgehead atoms. The maximum atomic E-state index is 12.8. The zero-order chi connectivity index (χ0) is 21.1. The van der Waals surface area contributed by atoms with Crippen molar-refractivity contribution in [2.24, 2.45) is 7.05 Å². The Balaban J connectivity index is 2.14. The van der Waals surface area contributed by atoms with Crippen LogP contribution in [0.15, 0.2) is 27.8 Å². The number of methoxy groups -OCH3 is 2. The quantitative estimate of drug-likeness (QED) is 0.611. The topological polar surface area (TPSA) is 80.3 Å². The lowest BCUT2D eigenvalue weighted by Crippen LogP contribution is -2.40. The molecule has 3 rings (SSSR count). The highest BCUT2D eigenvalue weighted by atomic mass is 16.5.